The first-order chi connectivity index (χ1) is 7.21. The second-order valence-electron chi connectivity index (χ2n) is 2.71. The Morgan fingerprint density at radius 3 is 1.88 bits per heavy atom. The number of carbonyl (C=O) groups excluding carboxylic acids is 1. The Morgan fingerprint density at radius 1 is 1.06 bits per heavy atom. The van der Waals surface area contributed by atoms with Gasteiger partial charge in [-0.25, -0.2) is 13.2 Å². The molecule has 0 spiro atoms. The third-order valence-corrected chi connectivity index (χ3v) is 1.50. The number of hydrogen-bond donors (Lipinski definition) is 1. The third-order valence-electron chi connectivity index (χ3n) is 1.50. The first kappa shape index (κ1) is 12.3. The van der Waals surface area contributed by atoms with E-state index in [1.54, 1.807) is 0 Å². The molecule has 1 aromatic rings. The lowest BCUT2D eigenvalue weighted by Gasteiger charge is -2.08. The minimum absolute atomic E-state index is 0.238. The Labute approximate surface area is 84.9 Å². The number of benzene rings is 1. The fourth-order valence-corrected chi connectivity index (χ4v) is 0.830. The molecular weight excluding hydrogens is 240 g/mol. The number of anilines is 1. The number of halogens is 6. The summed E-state index contributed by atoms with van der Waals surface area (Å²) in [7, 11) is 0. The summed E-state index contributed by atoms with van der Waals surface area (Å²) < 4.78 is 72.7. The molecule has 1 amide bonds. The van der Waals surface area contributed by atoms with E-state index in [-0.39, 0.29) is 12.1 Å². The van der Waals surface area contributed by atoms with Gasteiger partial charge in [0.15, 0.2) is 17.5 Å². The third kappa shape index (κ3) is 2.65. The zero-order chi connectivity index (χ0) is 12.5. The van der Waals surface area contributed by atoms with Gasteiger partial charge >= 0.3 is 12.1 Å². The van der Waals surface area contributed by atoms with Crippen molar-refractivity contribution in [1.29, 1.82) is 0 Å². The van der Waals surface area contributed by atoms with Crippen LogP contribution in [0.1, 0.15) is 0 Å². The Kier molecular flexibility index (Phi) is 3.11. The highest BCUT2D eigenvalue weighted by atomic mass is 19.4. The van der Waals surface area contributed by atoms with Crippen LogP contribution in [0.4, 0.5) is 32.0 Å². The Hall–Kier alpha value is -1.73. The Balaban J connectivity index is 2.96. The van der Waals surface area contributed by atoms with Gasteiger partial charge in [-0.15, -0.1) is 0 Å². The summed E-state index contributed by atoms with van der Waals surface area (Å²) in [5, 5.41) is 1.18. The minimum Gasteiger partial charge on any atom is -0.318 e. The summed E-state index contributed by atoms with van der Waals surface area (Å²) in [6, 6.07) is 0.476. The number of rotatable bonds is 1. The van der Waals surface area contributed by atoms with E-state index in [1.165, 1.54) is 5.32 Å². The van der Waals surface area contributed by atoms with Gasteiger partial charge in [-0.3, -0.25) is 4.79 Å². The standard InChI is InChI=1S/C8H3F6NO/c9-4-1-3(2-5(10)6(4)11)15-7(16)8(12,13)14/h1-2H,(H,15,16). The molecule has 2 nitrogen and oxygen atoms in total. The summed E-state index contributed by atoms with van der Waals surface area (Å²) in [6.07, 6.45) is -5.19. The van der Waals surface area contributed by atoms with E-state index < -0.39 is 35.2 Å². The topological polar surface area (TPSA) is 29.1 Å². The van der Waals surface area contributed by atoms with Crippen molar-refractivity contribution in [1.82, 2.24) is 0 Å². The van der Waals surface area contributed by atoms with Crippen molar-refractivity contribution in [2.24, 2.45) is 0 Å². The summed E-state index contributed by atoms with van der Waals surface area (Å²) in [4.78, 5) is 10.4. The molecule has 8 heteroatoms. The van der Waals surface area contributed by atoms with Crippen molar-refractivity contribution >= 4 is 11.6 Å². The van der Waals surface area contributed by atoms with E-state index in [9.17, 15) is 31.1 Å². The number of amides is 1. The highest BCUT2D eigenvalue weighted by molar-refractivity contribution is 5.94. The molecule has 0 radical (unpaired) electrons. The predicted molar refractivity (Wildman–Crippen MR) is 41.0 cm³/mol. The molecule has 0 saturated carbocycles. The Morgan fingerprint density at radius 2 is 1.50 bits per heavy atom. The van der Waals surface area contributed by atoms with Gasteiger partial charge in [0.25, 0.3) is 0 Å². The first-order valence-corrected chi connectivity index (χ1v) is 3.74. The fraction of sp³-hybridized carbons (Fsp3) is 0.125. The van der Waals surface area contributed by atoms with Crippen molar-refractivity contribution in [3.8, 4) is 0 Å². The Bertz CT molecular complexity index is 404. The summed E-state index contributed by atoms with van der Waals surface area (Å²) >= 11 is 0. The van der Waals surface area contributed by atoms with Crippen molar-refractivity contribution < 1.29 is 31.1 Å². The van der Waals surface area contributed by atoms with Gasteiger partial charge < -0.3 is 5.32 Å². The van der Waals surface area contributed by atoms with E-state index >= 15 is 0 Å². The van der Waals surface area contributed by atoms with Crippen LogP contribution in [0.15, 0.2) is 12.1 Å². The van der Waals surface area contributed by atoms with Crippen LogP contribution >= 0.6 is 0 Å². The summed E-state index contributed by atoms with van der Waals surface area (Å²) in [5.41, 5.74) is -0.821. The molecule has 1 N–H and O–H groups in total. The molecule has 0 aromatic heterocycles. The average Bonchev–Trinajstić information content (AvgIpc) is 2.12. The lowest BCUT2D eigenvalue weighted by Crippen LogP contribution is -2.30. The van der Waals surface area contributed by atoms with Crippen molar-refractivity contribution in [2.75, 3.05) is 5.32 Å². The van der Waals surface area contributed by atoms with Gasteiger partial charge in [0.1, 0.15) is 0 Å². The maximum Gasteiger partial charge on any atom is 0.471 e. The number of alkyl halides is 3. The van der Waals surface area contributed by atoms with E-state index in [0.717, 1.165) is 0 Å². The van der Waals surface area contributed by atoms with Crippen LogP contribution in [0.5, 0.6) is 0 Å². The van der Waals surface area contributed by atoms with Crippen LogP contribution in [0, 0.1) is 17.5 Å². The molecule has 1 aromatic carbocycles. The maximum atomic E-state index is 12.5. The molecule has 88 valence electrons. The lowest BCUT2D eigenvalue weighted by molar-refractivity contribution is -0.167. The smallest absolute Gasteiger partial charge is 0.318 e. The van der Waals surface area contributed by atoms with Crippen LogP contribution in [0.25, 0.3) is 0 Å². The molecule has 16 heavy (non-hydrogen) atoms. The van der Waals surface area contributed by atoms with Crippen molar-refractivity contribution in [3.63, 3.8) is 0 Å². The summed E-state index contributed by atoms with van der Waals surface area (Å²) in [6.45, 7) is 0. The molecule has 0 aliphatic carbocycles. The van der Waals surface area contributed by atoms with Crippen LogP contribution < -0.4 is 5.32 Å². The molecule has 1 rings (SSSR count). The van der Waals surface area contributed by atoms with Crippen LogP contribution in [0.3, 0.4) is 0 Å². The zero-order valence-electron chi connectivity index (χ0n) is 7.33. The molecule has 0 saturated heterocycles. The van der Waals surface area contributed by atoms with Gasteiger partial charge in [0.05, 0.1) is 0 Å². The second-order valence-corrected chi connectivity index (χ2v) is 2.71. The maximum absolute atomic E-state index is 12.5. The van der Waals surface area contributed by atoms with Gasteiger partial charge in [-0.05, 0) is 0 Å². The van der Waals surface area contributed by atoms with Gasteiger partial charge in [0, 0.05) is 17.8 Å². The molecular formula is C8H3F6NO. The molecule has 0 unspecified atom stereocenters. The highest BCUT2D eigenvalue weighted by Crippen LogP contribution is 2.21. The van der Waals surface area contributed by atoms with E-state index in [1.807, 2.05) is 0 Å². The normalized spacial score (nSPS) is 11.4. The van der Waals surface area contributed by atoms with Crippen LogP contribution in [0.2, 0.25) is 0 Å². The van der Waals surface area contributed by atoms with Gasteiger partial charge in [0.2, 0.25) is 0 Å². The molecule has 0 atom stereocenters. The molecule has 0 heterocycles. The monoisotopic (exact) mass is 243 g/mol. The lowest BCUT2D eigenvalue weighted by atomic mass is 10.3. The van der Waals surface area contributed by atoms with Gasteiger partial charge in [-0.1, -0.05) is 0 Å². The summed E-state index contributed by atoms with van der Waals surface area (Å²) in [5.74, 6) is -7.63. The SMILES string of the molecule is O=C(Nc1cc(F)c(F)c(F)c1)C(F)(F)F. The van der Waals surface area contributed by atoms with Crippen LogP contribution in [-0.2, 0) is 4.79 Å². The minimum atomic E-state index is -5.19. The fourth-order valence-electron chi connectivity index (χ4n) is 0.830. The van der Waals surface area contributed by atoms with Crippen molar-refractivity contribution in [3.05, 3.63) is 29.6 Å². The highest BCUT2D eigenvalue weighted by Gasteiger charge is 2.38. The van der Waals surface area contributed by atoms with E-state index in [0.29, 0.717) is 0 Å². The largest absolute Gasteiger partial charge is 0.471 e. The quantitative estimate of drug-likeness (QED) is 0.596. The first-order valence-electron chi connectivity index (χ1n) is 3.74. The number of carbonyl (C=O) groups is 1. The molecule has 0 fully saturated rings. The van der Waals surface area contributed by atoms with E-state index in [2.05, 4.69) is 0 Å². The number of nitrogens with one attached hydrogen (secondary N) is 1. The van der Waals surface area contributed by atoms with Crippen LogP contribution in [-0.4, -0.2) is 12.1 Å². The average molecular weight is 243 g/mol. The van der Waals surface area contributed by atoms with E-state index in [4.69, 9.17) is 0 Å². The molecule has 0 bridgehead atoms. The second kappa shape index (κ2) is 4.03. The zero-order valence-corrected chi connectivity index (χ0v) is 7.33. The van der Waals surface area contributed by atoms with Gasteiger partial charge in [-0.2, -0.15) is 13.2 Å². The predicted octanol–water partition coefficient (Wildman–Crippen LogP) is 2.60. The molecule has 0 aliphatic heterocycles. The number of hydrogen-bond acceptors (Lipinski definition) is 1. The van der Waals surface area contributed by atoms with Crippen molar-refractivity contribution in [2.45, 2.75) is 6.18 Å². The molecule has 0 aliphatic rings.